The molecule has 0 saturated heterocycles. The number of carbonyl (C=O) groups excluding carboxylic acids is 1. The molecule has 0 N–H and O–H groups in total. The molecular weight excluding hydrogens is 293 g/mol. The van der Waals surface area contributed by atoms with Gasteiger partial charge < -0.3 is 4.74 Å². The quantitative estimate of drug-likeness (QED) is 0.447. The normalized spacial score (nSPS) is 11.8. The highest BCUT2D eigenvalue weighted by atomic mass is 35.5. The van der Waals surface area contributed by atoms with Crippen molar-refractivity contribution in [2.45, 2.75) is 25.9 Å². The maximum Gasteiger partial charge on any atom is 0.417 e. The van der Waals surface area contributed by atoms with Crippen LogP contribution in [0.2, 0.25) is 5.02 Å². The third-order valence-electron chi connectivity index (χ3n) is 2.45. The molecule has 0 aliphatic carbocycles. The van der Waals surface area contributed by atoms with Gasteiger partial charge in [0.05, 0.1) is 17.2 Å². The zero-order valence-electron chi connectivity index (χ0n) is 10.8. The van der Waals surface area contributed by atoms with Gasteiger partial charge in [0.25, 0.3) is 0 Å². The Balaban J connectivity index is 2.70. The molecule has 0 heterocycles. The van der Waals surface area contributed by atoms with Gasteiger partial charge in [-0.25, -0.2) is 4.79 Å². The summed E-state index contributed by atoms with van der Waals surface area (Å²) >= 11 is 5.56. The topological polar surface area (TPSA) is 26.3 Å². The summed E-state index contributed by atoms with van der Waals surface area (Å²) in [5.41, 5.74) is -0.503. The molecule has 0 radical (unpaired) electrons. The number of alkyl halides is 3. The number of halogens is 4. The van der Waals surface area contributed by atoms with Crippen molar-refractivity contribution in [2.75, 3.05) is 6.61 Å². The molecule has 0 spiro atoms. The zero-order chi connectivity index (χ0) is 15.2. The van der Waals surface area contributed by atoms with E-state index in [0.717, 1.165) is 31.1 Å². The second-order valence-corrected chi connectivity index (χ2v) is 4.50. The Morgan fingerprint density at radius 3 is 2.65 bits per heavy atom. The van der Waals surface area contributed by atoms with Crippen molar-refractivity contribution in [1.29, 1.82) is 0 Å². The second-order valence-electron chi connectivity index (χ2n) is 4.09. The summed E-state index contributed by atoms with van der Waals surface area (Å²) in [7, 11) is 0. The van der Waals surface area contributed by atoms with E-state index in [1.54, 1.807) is 0 Å². The van der Waals surface area contributed by atoms with E-state index >= 15 is 0 Å². The Bertz CT molecular complexity index is 496. The molecule has 1 aromatic rings. The van der Waals surface area contributed by atoms with Gasteiger partial charge in [-0.15, -0.1) is 0 Å². The van der Waals surface area contributed by atoms with Gasteiger partial charge in [0.15, 0.2) is 0 Å². The highest BCUT2D eigenvalue weighted by Gasteiger charge is 2.32. The van der Waals surface area contributed by atoms with Crippen molar-refractivity contribution < 1.29 is 22.7 Å². The Morgan fingerprint density at radius 1 is 1.40 bits per heavy atom. The highest BCUT2D eigenvalue weighted by molar-refractivity contribution is 6.31. The molecule has 0 bridgehead atoms. The molecule has 0 aliphatic heterocycles. The summed E-state index contributed by atoms with van der Waals surface area (Å²) in [6, 6.07) is 3.27. The molecule has 0 saturated carbocycles. The lowest BCUT2D eigenvalue weighted by atomic mass is 10.1. The van der Waals surface area contributed by atoms with Gasteiger partial charge in [-0.05, 0) is 30.2 Å². The fourth-order valence-electron chi connectivity index (χ4n) is 1.39. The lowest BCUT2D eigenvalue weighted by Crippen LogP contribution is -2.05. The molecule has 1 rings (SSSR count). The van der Waals surface area contributed by atoms with Crippen molar-refractivity contribution >= 4 is 23.6 Å². The largest absolute Gasteiger partial charge is 0.463 e. The summed E-state index contributed by atoms with van der Waals surface area (Å²) in [5.74, 6) is -0.533. The number of rotatable bonds is 5. The van der Waals surface area contributed by atoms with Crippen LogP contribution in [0.1, 0.15) is 30.9 Å². The van der Waals surface area contributed by atoms with E-state index in [0.29, 0.717) is 12.2 Å². The van der Waals surface area contributed by atoms with Crippen molar-refractivity contribution in [1.82, 2.24) is 0 Å². The van der Waals surface area contributed by atoms with Gasteiger partial charge in [0.2, 0.25) is 0 Å². The summed E-state index contributed by atoms with van der Waals surface area (Å²) in [5, 5.41) is -0.404. The number of benzene rings is 1. The number of hydrogen-bond donors (Lipinski definition) is 0. The minimum Gasteiger partial charge on any atom is -0.463 e. The second kappa shape index (κ2) is 7.33. The van der Waals surface area contributed by atoms with Crippen molar-refractivity contribution in [2.24, 2.45) is 0 Å². The van der Waals surface area contributed by atoms with Gasteiger partial charge in [-0.1, -0.05) is 31.0 Å². The maximum atomic E-state index is 12.5. The number of ether oxygens (including phenoxy) is 1. The van der Waals surface area contributed by atoms with Crippen LogP contribution in [0.3, 0.4) is 0 Å². The van der Waals surface area contributed by atoms with Gasteiger partial charge in [-0.3, -0.25) is 0 Å². The average molecular weight is 307 g/mol. The highest BCUT2D eigenvalue weighted by Crippen LogP contribution is 2.35. The van der Waals surface area contributed by atoms with Crippen LogP contribution < -0.4 is 0 Å². The molecule has 2 nitrogen and oxygen atoms in total. The first kappa shape index (κ1) is 16.6. The van der Waals surface area contributed by atoms with Crippen LogP contribution in [0.15, 0.2) is 24.3 Å². The zero-order valence-corrected chi connectivity index (χ0v) is 11.6. The molecular formula is C14H14ClF3O2. The minimum absolute atomic E-state index is 0.327. The first-order chi connectivity index (χ1) is 9.34. The molecule has 0 aromatic heterocycles. The molecule has 20 heavy (non-hydrogen) atoms. The third kappa shape index (κ3) is 5.25. The van der Waals surface area contributed by atoms with E-state index < -0.39 is 22.7 Å². The van der Waals surface area contributed by atoms with Gasteiger partial charge >= 0.3 is 12.1 Å². The fraction of sp³-hybridized carbons (Fsp3) is 0.357. The van der Waals surface area contributed by atoms with Crippen LogP contribution in [0.4, 0.5) is 13.2 Å². The minimum atomic E-state index is -4.49. The first-order valence-corrected chi connectivity index (χ1v) is 6.44. The maximum absolute atomic E-state index is 12.5. The first-order valence-electron chi connectivity index (χ1n) is 6.06. The molecule has 1 aromatic carbocycles. The van der Waals surface area contributed by atoms with Crippen LogP contribution >= 0.6 is 11.6 Å². The fourth-order valence-corrected chi connectivity index (χ4v) is 1.69. The molecule has 0 unspecified atom stereocenters. The molecule has 0 atom stereocenters. The van der Waals surface area contributed by atoms with Crippen LogP contribution in [-0.2, 0) is 15.7 Å². The van der Waals surface area contributed by atoms with E-state index in [1.807, 2.05) is 6.92 Å². The van der Waals surface area contributed by atoms with Gasteiger partial charge in [-0.2, -0.15) is 13.2 Å². The molecule has 0 aliphatic rings. The smallest absolute Gasteiger partial charge is 0.417 e. The summed E-state index contributed by atoms with van der Waals surface area (Å²) in [6.07, 6.45) is -0.287. The Morgan fingerprint density at radius 2 is 2.10 bits per heavy atom. The summed E-state index contributed by atoms with van der Waals surface area (Å²) < 4.78 is 42.3. The SMILES string of the molecule is CCCCOC(=O)/C=C/c1ccc(C(F)(F)F)c(Cl)c1. The van der Waals surface area contributed by atoms with E-state index in [1.165, 1.54) is 12.1 Å². The van der Waals surface area contributed by atoms with E-state index in [4.69, 9.17) is 16.3 Å². The third-order valence-corrected chi connectivity index (χ3v) is 2.77. The summed E-state index contributed by atoms with van der Waals surface area (Å²) in [4.78, 5) is 11.3. The number of esters is 1. The van der Waals surface area contributed by atoms with Crippen LogP contribution in [0.5, 0.6) is 0 Å². The van der Waals surface area contributed by atoms with Crippen molar-refractivity contribution in [3.8, 4) is 0 Å². The predicted molar refractivity (Wildman–Crippen MR) is 71.4 cm³/mol. The number of hydrogen-bond acceptors (Lipinski definition) is 2. The van der Waals surface area contributed by atoms with Crippen molar-refractivity contribution in [3.05, 3.63) is 40.4 Å². The molecule has 0 fully saturated rings. The lowest BCUT2D eigenvalue weighted by Gasteiger charge is -2.08. The monoisotopic (exact) mass is 306 g/mol. The standard InChI is InChI=1S/C14H14ClF3O2/c1-2-3-8-20-13(19)7-5-10-4-6-11(12(15)9-10)14(16,17)18/h4-7,9H,2-3,8H2,1H3/b7-5+. The van der Waals surface area contributed by atoms with E-state index in [-0.39, 0.29) is 0 Å². The van der Waals surface area contributed by atoms with Crippen molar-refractivity contribution in [3.63, 3.8) is 0 Å². The average Bonchev–Trinajstić information content (AvgIpc) is 2.35. The summed E-state index contributed by atoms with van der Waals surface area (Å²) in [6.45, 7) is 2.29. The van der Waals surface area contributed by atoms with Crippen LogP contribution in [-0.4, -0.2) is 12.6 Å². The molecule has 110 valence electrons. The van der Waals surface area contributed by atoms with Crippen LogP contribution in [0, 0.1) is 0 Å². The number of unbranched alkanes of at least 4 members (excludes halogenated alkanes) is 1. The lowest BCUT2D eigenvalue weighted by molar-refractivity contribution is -0.138. The van der Waals surface area contributed by atoms with Crippen LogP contribution in [0.25, 0.3) is 6.08 Å². The Labute approximate surface area is 120 Å². The number of carbonyl (C=O) groups is 1. The van der Waals surface area contributed by atoms with Gasteiger partial charge in [0, 0.05) is 6.08 Å². The van der Waals surface area contributed by atoms with E-state index in [9.17, 15) is 18.0 Å². The molecule has 0 amide bonds. The molecule has 6 heteroatoms. The Hall–Kier alpha value is -1.49. The van der Waals surface area contributed by atoms with E-state index in [2.05, 4.69) is 0 Å². The Kier molecular flexibility index (Phi) is 6.07. The predicted octanol–water partition coefficient (Wildman–Crippen LogP) is 4.72. The van der Waals surface area contributed by atoms with Gasteiger partial charge in [0.1, 0.15) is 0 Å².